The summed E-state index contributed by atoms with van der Waals surface area (Å²) in [5.74, 6) is -0.760. The highest BCUT2D eigenvalue weighted by atomic mass is 19.1. The van der Waals surface area contributed by atoms with Gasteiger partial charge in [-0.05, 0) is 30.9 Å². The van der Waals surface area contributed by atoms with Gasteiger partial charge >= 0.3 is 5.69 Å². The molecule has 1 aromatic carbocycles. The Morgan fingerprint density at radius 2 is 2.30 bits per heavy atom. The van der Waals surface area contributed by atoms with Crippen molar-refractivity contribution in [1.29, 1.82) is 0 Å². The molecule has 2 atom stereocenters. The lowest BCUT2D eigenvalue weighted by molar-refractivity contribution is -0.387. The van der Waals surface area contributed by atoms with E-state index in [0.717, 1.165) is 24.9 Å². The van der Waals surface area contributed by atoms with Gasteiger partial charge in [0, 0.05) is 25.2 Å². The Morgan fingerprint density at radius 1 is 1.45 bits per heavy atom. The highest BCUT2D eigenvalue weighted by Crippen LogP contribution is 2.31. The van der Waals surface area contributed by atoms with Gasteiger partial charge in [-0.15, -0.1) is 0 Å². The van der Waals surface area contributed by atoms with Crippen molar-refractivity contribution in [1.82, 2.24) is 4.90 Å². The van der Waals surface area contributed by atoms with Crippen LogP contribution >= 0.6 is 0 Å². The summed E-state index contributed by atoms with van der Waals surface area (Å²) in [4.78, 5) is 12.2. The summed E-state index contributed by atoms with van der Waals surface area (Å²) in [6, 6.07) is 4.57. The minimum absolute atomic E-state index is 0.298. The maximum absolute atomic E-state index is 13.6. The molecule has 1 aromatic rings. The number of rotatable bonds is 3. The number of nitrogens with zero attached hydrogens (tertiary/aromatic N) is 2. The summed E-state index contributed by atoms with van der Waals surface area (Å²) in [5, 5.41) is 10.6. The summed E-state index contributed by atoms with van der Waals surface area (Å²) in [7, 11) is 0. The minimum atomic E-state index is -0.760. The van der Waals surface area contributed by atoms with Crippen molar-refractivity contribution in [3.63, 3.8) is 0 Å². The predicted octanol–water partition coefficient (Wildman–Crippen LogP) is 2.49. The van der Waals surface area contributed by atoms with Crippen molar-refractivity contribution < 1.29 is 14.1 Å². The van der Waals surface area contributed by atoms with E-state index in [2.05, 4.69) is 4.90 Å². The predicted molar refractivity (Wildman–Crippen MR) is 70.8 cm³/mol. The second-order valence-corrected chi connectivity index (χ2v) is 5.42. The van der Waals surface area contributed by atoms with Crippen LogP contribution in [0.4, 0.5) is 10.1 Å². The van der Waals surface area contributed by atoms with E-state index in [4.69, 9.17) is 4.74 Å². The molecule has 1 aliphatic carbocycles. The quantitative estimate of drug-likeness (QED) is 0.630. The van der Waals surface area contributed by atoms with Gasteiger partial charge in [-0.2, -0.15) is 4.39 Å². The number of nitro groups is 1. The Balaban J connectivity index is 1.74. The van der Waals surface area contributed by atoms with Crippen molar-refractivity contribution in [2.45, 2.75) is 38.0 Å². The van der Waals surface area contributed by atoms with Gasteiger partial charge in [-0.3, -0.25) is 15.0 Å². The summed E-state index contributed by atoms with van der Waals surface area (Å²) < 4.78 is 19.4. The Morgan fingerprint density at radius 3 is 3.05 bits per heavy atom. The van der Waals surface area contributed by atoms with Crippen molar-refractivity contribution in [2.75, 3.05) is 13.2 Å². The number of halogens is 1. The second kappa shape index (κ2) is 5.46. The average molecular weight is 280 g/mol. The first-order valence-corrected chi connectivity index (χ1v) is 6.93. The summed E-state index contributed by atoms with van der Waals surface area (Å²) in [6.45, 7) is 2.16. The van der Waals surface area contributed by atoms with Crippen LogP contribution in [0.3, 0.4) is 0 Å². The summed E-state index contributed by atoms with van der Waals surface area (Å²) in [5.41, 5.74) is 0.315. The lowest BCUT2D eigenvalue weighted by Gasteiger charge is -2.37. The van der Waals surface area contributed by atoms with Crippen LogP contribution in [-0.4, -0.2) is 35.1 Å². The molecule has 0 spiro atoms. The Kier molecular flexibility index (Phi) is 3.67. The number of nitro benzene ring substituents is 1. The molecule has 1 saturated carbocycles. The zero-order valence-electron chi connectivity index (χ0n) is 11.1. The van der Waals surface area contributed by atoms with Gasteiger partial charge in [0.1, 0.15) is 0 Å². The fraction of sp³-hybridized carbons (Fsp3) is 0.571. The van der Waals surface area contributed by atoms with Gasteiger partial charge in [-0.1, -0.05) is 6.07 Å². The SMILES string of the molecule is O=[N+]([O-])c1ccc(CN2CCOC3CCCC32)cc1F. The van der Waals surface area contributed by atoms with E-state index in [-0.39, 0.29) is 0 Å². The first kappa shape index (κ1) is 13.5. The van der Waals surface area contributed by atoms with Crippen molar-refractivity contribution >= 4 is 5.69 Å². The molecule has 0 aromatic heterocycles. The highest BCUT2D eigenvalue weighted by molar-refractivity contribution is 5.35. The zero-order chi connectivity index (χ0) is 14.1. The van der Waals surface area contributed by atoms with Gasteiger partial charge in [-0.25, -0.2) is 0 Å². The van der Waals surface area contributed by atoms with E-state index in [1.807, 2.05) is 0 Å². The molecule has 6 heteroatoms. The van der Waals surface area contributed by atoms with E-state index in [1.165, 1.54) is 18.6 Å². The molecule has 5 nitrogen and oxygen atoms in total. The van der Waals surface area contributed by atoms with E-state index in [0.29, 0.717) is 25.3 Å². The molecule has 0 radical (unpaired) electrons. The monoisotopic (exact) mass is 280 g/mol. The van der Waals surface area contributed by atoms with Crippen molar-refractivity contribution in [3.8, 4) is 0 Å². The fourth-order valence-corrected chi connectivity index (χ4v) is 3.23. The third kappa shape index (κ3) is 2.53. The lowest BCUT2D eigenvalue weighted by atomic mass is 10.1. The molecule has 2 aliphatic rings. The summed E-state index contributed by atoms with van der Waals surface area (Å²) in [6.07, 6.45) is 3.67. The van der Waals surface area contributed by atoms with Crippen LogP contribution in [0.1, 0.15) is 24.8 Å². The van der Waals surface area contributed by atoms with Gasteiger partial charge in [0.15, 0.2) is 0 Å². The van der Waals surface area contributed by atoms with E-state index < -0.39 is 16.4 Å². The van der Waals surface area contributed by atoms with Crippen LogP contribution < -0.4 is 0 Å². The van der Waals surface area contributed by atoms with Crippen LogP contribution in [0.15, 0.2) is 18.2 Å². The van der Waals surface area contributed by atoms with Crippen molar-refractivity contribution in [2.24, 2.45) is 0 Å². The van der Waals surface area contributed by atoms with E-state index >= 15 is 0 Å². The van der Waals surface area contributed by atoms with Crippen LogP contribution in [-0.2, 0) is 11.3 Å². The van der Waals surface area contributed by atoms with Crippen LogP contribution in [0.2, 0.25) is 0 Å². The van der Waals surface area contributed by atoms with Gasteiger partial charge < -0.3 is 4.74 Å². The van der Waals surface area contributed by atoms with Gasteiger partial charge in [0.25, 0.3) is 0 Å². The fourth-order valence-electron chi connectivity index (χ4n) is 3.23. The molecule has 0 N–H and O–H groups in total. The Bertz CT molecular complexity index is 523. The van der Waals surface area contributed by atoms with Crippen LogP contribution in [0.5, 0.6) is 0 Å². The number of hydrogen-bond donors (Lipinski definition) is 0. The number of benzene rings is 1. The third-order valence-corrected chi connectivity index (χ3v) is 4.19. The van der Waals surface area contributed by atoms with Gasteiger partial charge in [0.05, 0.1) is 17.6 Å². The molecule has 3 rings (SSSR count). The maximum Gasteiger partial charge on any atom is 0.304 e. The molecule has 0 bridgehead atoms. The van der Waals surface area contributed by atoms with E-state index in [9.17, 15) is 14.5 Å². The largest absolute Gasteiger partial charge is 0.375 e. The first-order chi connectivity index (χ1) is 9.65. The maximum atomic E-state index is 13.6. The topological polar surface area (TPSA) is 55.6 Å². The number of fused-ring (bicyclic) bond motifs is 1. The normalized spacial score (nSPS) is 26.4. The summed E-state index contributed by atoms with van der Waals surface area (Å²) >= 11 is 0. The molecule has 0 amide bonds. The minimum Gasteiger partial charge on any atom is -0.375 e. The molecule has 108 valence electrons. The molecule has 2 unspecified atom stereocenters. The second-order valence-electron chi connectivity index (χ2n) is 5.42. The third-order valence-electron chi connectivity index (χ3n) is 4.19. The molecule has 2 fully saturated rings. The lowest BCUT2D eigenvalue weighted by Crippen LogP contribution is -2.47. The number of morpholine rings is 1. The molecule has 1 aliphatic heterocycles. The molecule has 1 heterocycles. The zero-order valence-corrected chi connectivity index (χ0v) is 11.1. The Hall–Kier alpha value is -1.53. The van der Waals surface area contributed by atoms with E-state index in [1.54, 1.807) is 6.07 Å². The first-order valence-electron chi connectivity index (χ1n) is 6.93. The van der Waals surface area contributed by atoms with Crippen LogP contribution in [0.25, 0.3) is 0 Å². The highest BCUT2D eigenvalue weighted by Gasteiger charge is 2.35. The van der Waals surface area contributed by atoms with Gasteiger partial charge in [0.2, 0.25) is 5.82 Å². The Labute approximate surface area is 116 Å². The number of hydrogen-bond acceptors (Lipinski definition) is 4. The molecule has 1 saturated heterocycles. The molecular weight excluding hydrogens is 263 g/mol. The van der Waals surface area contributed by atoms with Crippen molar-refractivity contribution in [3.05, 3.63) is 39.7 Å². The van der Waals surface area contributed by atoms with Crippen LogP contribution in [0, 0.1) is 15.9 Å². The number of ether oxygens (including phenoxy) is 1. The average Bonchev–Trinajstić information content (AvgIpc) is 2.87. The standard InChI is InChI=1S/C14H17FN2O3/c15-11-8-10(4-5-12(11)17(18)19)9-16-6-7-20-14-3-1-2-13(14)16/h4-5,8,13-14H,1-3,6-7,9H2. The molecule has 20 heavy (non-hydrogen) atoms. The molecular formula is C14H17FN2O3. The smallest absolute Gasteiger partial charge is 0.304 e.